The number of pyridine rings is 1. The number of aromatic nitrogens is 1. The summed E-state index contributed by atoms with van der Waals surface area (Å²) in [5.74, 6) is 0.262. The lowest BCUT2D eigenvalue weighted by molar-refractivity contribution is 0.102. The number of hydrogen-bond acceptors (Lipinski definition) is 4. The smallest absolute Gasteiger partial charge is 0.255 e. The molecule has 0 aliphatic heterocycles. The zero-order chi connectivity index (χ0) is 20.3. The molecule has 0 saturated heterocycles. The van der Waals surface area contributed by atoms with Crippen LogP contribution >= 0.6 is 12.6 Å². The second-order valence-electron chi connectivity index (χ2n) is 7.79. The highest BCUT2D eigenvalue weighted by Gasteiger charge is 2.19. The van der Waals surface area contributed by atoms with E-state index >= 15 is 0 Å². The Hall–Kier alpha value is -2.79. The third-order valence-corrected chi connectivity index (χ3v) is 5.21. The molecule has 0 fully saturated rings. The Labute approximate surface area is 171 Å². The fourth-order valence-electron chi connectivity index (χ4n) is 3.01. The van der Waals surface area contributed by atoms with Gasteiger partial charge in [0.1, 0.15) is 5.82 Å². The van der Waals surface area contributed by atoms with Crippen molar-refractivity contribution < 1.29 is 4.79 Å². The van der Waals surface area contributed by atoms with E-state index in [2.05, 4.69) is 31.1 Å². The van der Waals surface area contributed by atoms with Crippen molar-refractivity contribution in [3.05, 3.63) is 89.1 Å². The van der Waals surface area contributed by atoms with Gasteiger partial charge in [-0.3, -0.25) is 4.79 Å². The van der Waals surface area contributed by atoms with Gasteiger partial charge in [0.05, 0.1) is 5.25 Å². The van der Waals surface area contributed by atoms with Crippen LogP contribution in [-0.2, 0) is 5.41 Å². The molecule has 0 aliphatic carbocycles. The van der Waals surface area contributed by atoms with Crippen molar-refractivity contribution in [2.24, 2.45) is 0 Å². The van der Waals surface area contributed by atoms with Crippen LogP contribution in [0.4, 0.5) is 11.5 Å². The minimum absolute atomic E-state index is 0.0702. The third kappa shape index (κ3) is 4.54. The van der Waals surface area contributed by atoms with E-state index in [0.29, 0.717) is 11.4 Å². The van der Waals surface area contributed by atoms with Crippen LogP contribution in [0, 0.1) is 0 Å². The first kappa shape index (κ1) is 20.0. The van der Waals surface area contributed by atoms with E-state index in [0.717, 1.165) is 16.8 Å². The van der Waals surface area contributed by atoms with Crippen molar-refractivity contribution in [2.45, 2.75) is 31.4 Å². The number of anilines is 2. The van der Waals surface area contributed by atoms with Crippen LogP contribution < -0.4 is 11.1 Å². The third-order valence-electron chi connectivity index (χ3n) is 4.63. The minimum Gasteiger partial charge on any atom is -0.384 e. The van der Waals surface area contributed by atoms with E-state index in [4.69, 9.17) is 18.4 Å². The fraction of sp³-hybridized carbons (Fsp3) is 0.217. The zero-order valence-corrected chi connectivity index (χ0v) is 17.2. The predicted molar refractivity (Wildman–Crippen MR) is 119 cm³/mol. The summed E-state index contributed by atoms with van der Waals surface area (Å²) < 4.78 is 0. The quantitative estimate of drug-likeness (QED) is 0.533. The van der Waals surface area contributed by atoms with Crippen molar-refractivity contribution in [3.8, 4) is 0 Å². The molecule has 0 aliphatic rings. The normalized spacial score (nSPS) is 12.4. The Kier molecular flexibility index (Phi) is 5.75. The van der Waals surface area contributed by atoms with Gasteiger partial charge in [-0.05, 0) is 52.4 Å². The zero-order valence-electron chi connectivity index (χ0n) is 16.3. The molecule has 1 atom stereocenters. The first-order valence-corrected chi connectivity index (χ1v) is 9.67. The van der Waals surface area contributed by atoms with Crippen LogP contribution in [0.3, 0.4) is 0 Å². The number of nitrogen functional groups attached to an aromatic ring is 1. The highest BCUT2D eigenvalue weighted by Crippen LogP contribution is 2.31. The molecule has 1 unspecified atom stereocenters. The molecule has 2 aromatic carbocycles. The molecule has 0 spiro atoms. The highest BCUT2D eigenvalue weighted by atomic mass is 32.1. The summed E-state index contributed by atoms with van der Waals surface area (Å²) in [6, 6.07) is 19.1. The number of carbonyl (C=O) groups is 1. The summed E-state index contributed by atoms with van der Waals surface area (Å²) in [7, 11) is 0. The predicted octanol–water partition coefficient (Wildman–Crippen LogP) is 5.23. The van der Waals surface area contributed by atoms with Crippen LogP contribution in [0.25, 0.3) is 0 Å². The van der Waals surface area contributed by atoms with Crippen LogP contribution in [0.5, 0.6) is 0 Å². The van der Waals surface area contributed by atoms with Crippen molar-refractivity contribution in [1.82, 2.24) is 4.98 Å². The van der Waals surface area contributed by atoms with Crippen LogP contribution in [0.1, 0.15) is 53.1 Å². The van der Waals surface area contributed by atoms with Crippen LogP contribution in [-0.4, -0.2) is 10.9 Å². The van der Waals surface area contributed by atoms with E-state index in [1.54, 1.807) is 12.3 Å². The second-order valence-corrected chi connectivity index (χ2v) is 8.30. The molecular weight excluding hydrogens is 366 g/mol. The van der Waals surface area contributed by atoms with E-state index < -0.39 is 0 Å². The van der Waals surface area contributed by atoms with E-state index in [1.165, 1.54) is 5.56 Å². The van der Waals surface area contributed by atoms with Gasteiger partial charge in [0, 0.05) is 17.4 Å². The molecule has 4 nitrogen and oxygen atoms in total. The van der Waals surface area contributed by atoms with E-state index in [9.17, 15) is 4.79 Å². The molecule has 3 N–H and O–H groups in total. The van der Waals surface area contributed by atoms with Crippen molar-refractivity contribution in [2.75, 3.05) is 11.1 Å². The minimum atomic E-state index is -0.282. The maximum Gasteiger partial charge on any atom is 0.255 e. The summed E-state index contributed by atoms with van der Waals surface area (Å²) >= 11 is 4.73. The molecule has 1 heterocycles. The molecule has 0 radical (unpaired) electrons. The lowest BCUT2D eigenvalue weighted by Crippen LogP contribution is -2.16. The van der Waals surface area contributed by atoms with E-state index in [-0.39, 0.29) is 16.6 Å². The van der Waals surface area contributed by atoms with Crippen LogP contribution in [0.2, 0.25) is 0 Å². The van der Waals surface area contributed by atoms with Gasteiger partial charge in [0.25, 0.3) is 5.91 Å². The first-order chi connectivity index (χ1) is 13.3. The molecule has 3 aromatic rings. The number of nitrogens with two attached hydrogens (primary N) is 1. The lowest BCUT2D eigenvalue weighted by atomic mass is 9.87. The molecule has 144 valence electrons. The van der Waals surface area contributed by atoms with Crippen LogP contribution in [0.15, 0.2) is 66.9 Å². The van der Waals surface area contributed by atoms with Crippen molar-refractivity contribution in [1.29, 1.82) is 0 Å². The molecule has 3 rings (SSSR count). The van der Waals surface area contributed by atoms with Gasteiger partial charge in [-0.1, -0.05) is 51.1 Å². The molecule has 1 amide bonds. The van der Waals surface area contributed by atoms with Gasteiger partial charge in [-0.2, -0.15) is 12.6 Å². The van der Waals surface area contributed by atoms with Gasteiger partial charge in [0.2, 0.25) is 0 Å². The summed E-state index contributed by atoms with van der Waals surface area (Å²) in [6.07, 6.45) is 1.65. The maximum absolute atomic E-state index is 12.9. The Morgan fingerprint density at radius 1 is 1.07 bits per heavy atom. The number of rotatable bonds is 4. The maximum atomic E-state index is 12.9. The Morgan fingerprint density at radius 3 is 2.39 bits per heavy atom. The standard InChI is InChI=1S/C23H25N3OS/c1-23(2,3)16-8-10-17(11-9-16)26-22(27)19-7-5-4-6-18(19)21(28)15-12-13-25-20(24)14-15/h4-14,21,28H,1-3H3,(H2,24,25)(H,26,27). The number of hydrogen-bond donors (Lipinski definition) is 3. The molecule has 28 heavy (non-hydrogen) atoms. The number of amides is 1. The second kappa shape index (κ2) is 8.07. The van der Waals surface area contributed by atoms with Gasteiger partial charge in [0.15, 0.2) is 0 Å². The molecule has 0 bridgehead atoms. The summed E-state index contributed by atoms with van der Waals surface area (Å²) in [6.45, 7) is 6.49. The summed E-state index contributed by atoms with van der Waals surface area (Å²) in [5, 5.41) is 2.70. The van der Waals surface area contributed by atoms with Gasteiger partial charge >= 0.3 is 0 Å². The summed E-state index contributed by atoms with van der Waals surface area (Å²) in [4.78, 5) is 17.0. The lowest BCUT2D eigenvalue weighted by Gasteiger charge is -2.19. The number of nitrogens with zero attached hydrogens (tertiary/aromatic N) is 1. The Morgan fingerprint density at radius 2 is 1.75 bits per heavy atom. The SMILES string of the molecule is CC(C)(C)c1ccc(NC(=O)c2ccccc2C(S)c2ccnc(N)c2)cc1. The monoisotopic (exact) mass is 391 g/mol. The first-order valence-electron chi connectivity index (χ1n) is 9.16. The number of thiol groups is 1. The molecular formula is C23H25N3OS. The number of nitrogens with one attached hydrogen (secondary N) is 1. The molecule has 1 aromatic heterocycles. The van der Waals surface area contributed by atoms with Crippen molar-refractivity contribution >= 4 is 30.0 Å². The number of benzene rings is 2. The van der Waals surface area contributed by atoms with Crippen molar-refractivity contribution in [3.63, 3.8) is 0 Å². The largest absolute Gasteiger partial charge is 0.384 e. The van der Waals surface area contributed by atoms with Gasteiger partial charge < -0.3 is 11.1 Å². The molecule has 0 saturated carbocycles. The summed E-state index contributed by atoms with van der Waals surface area (Å²) in [5.41, 5.74) is 10.1. The Bertz CT molecular complexity index is 978. The Balaban J connectivity index is 1.85. The topological polar surface area (TPSA) is 68.0 Å². The van der Waals surface area contributed by atoms with E-state index in [1.807, 2.05) is 54.6 Å². The highest BCUT2D eigenvalue weighted by molar-refractivity contribution is 7.80. The van der Waals surface area contributed by atoms with Gasteiger partial charge in [-0.25, -0.2) is 4.98 Å². The average Bonchev–Trinajstić information content (AvgIpc) is 2.67. The number of carbonyl (C=O) groups excluding carboxylic acids is 1. The van der Waals surface area contributed by atoms with Gasteiger partial charge in [-0.15, -0.1) is 0 Å². The average molecular weight is 392 g/mol. The molecule has 5 heteroatoms. The fourth-order valence-corrected chi connectivity index (χ4v) is 3.40.